The highest BCUT2D eigenvalue weighted by molar-refractivity contribution is 5.95. The van der Waals surface area contributed by atoms with Gasteiger partial charge in [-0.15, -0.1) is 0 Å². The number of ether oxygens (including phenoxy) is 1. The van der Waals surface area contributed by atoms with Crippen LogP contribution in [0.1, 0.15) is 42.8 Å². The molecule has 34 heavy (non-hydrogen) atoms. The number of nitriles is 1. The van der Waals surface area contributed by atoms with Crippen LogP contribution in [0.25, 0.3) is 10.9 Å². The van der Waals surface area contributed by atoms with Crippen LogP contribution in [0.15, 0.2) is 36.7 Å². The van der Waals surface area contributed by atoms with Crippen molar-refractivity contribution in [3.63, 3.8) is 0 Å². The quantitative estimate of drug-likeness (QED) is 0.645. The van der Waals surface area contributed by atoms with E-state index < -0.39 is 0 Å². The number of fused-ring (bicyclic) bond motifs is 2. The van der Waals surface area contributed by atoms with Crippen LogP contribution in [0.4, 0.5) is 5.69 Å². The number of rotatable bonds is 4. The van der Waals surface area contributed by atoms with Crippen molar-refractivity contribution in [2.45, 2.75) is 44.6 Å². The summed E-state index contributed by atoms with van der Waals surface area (Å²) in [5.74, 6) is 0. The number of morpholine rings is 1. The van der Waals surface area contributed by atoms with E-state index >= 15 is 0 Å². The molecule has 3 aromatic rings. The maximum atomic E-state index is 9.48. The van der Waals surface area contributed by atoms with Gasteiger partial charge in [-0.2, -0.15) is 10.4 Å². The van der Waals surface area contributed by atoms with Gasteiger partial charge in [-0.05, 0) is 38.1 Å². The molecular weight excluding hydrogens is 426 g/mol. The SMILES string of the molecule is C[C@@H]1CN(c2ccc(C#N)c3ncccc23)C[C@H](CN2CC(n3ncc4c3CCN[C@@H]4C)C2)O1. The highest BCUT2D eigenvalue weighted by Gasteiger charge is 2.36. The number of hydrogen-bond acceptors (Lipinski definition) is 7. The van der Waals surface area contributed by atoms with Crippen molar-refractivity contribution in [1.29, 1.82) is 5.26 Å². The number of hydrogen-bond donors (Lipinski definition) is 1. The first-order valence-corrected chi connectivity index (χ1v) is 12.3. The Morgan fingerprint density at radius 1 is 1.18 bits per heavy atom. The summed E-state index contributed by atoms with van der Waals surface area (Å²) < 4.78 is 8.62. The van der Waals surface area contributed by atoms with Crippen LogP contribution in [0.5, 0.6) is 0 Å². The van der Waals surface area contributed by atoms with Crippen LogP contribution in [0.3, 0.4) is 0 Å². The fourth-order valence-corrected chi connectivity index (χ4v) is 5.85. The van der Waals surface area contributed by atoms with E-state index in [2.05, 4.69) is 63.0 Å². The minimum atomic E-state index is 0.142. The Bertz CT molecular complexity index is 1240. The Balaban J connectivity index is 1.14. The molecule has 8 nitrogen and oxygen atoms in total. The lowest BCUT2D eigenvalue weighted by Crippen LogP contribution is -2.56. The van der Waals surface area contributed by atoms with E-state index in [9.17, 15) is 5.26 Å². The van der Waals surface area contributed by atoms with Crippen LogP contribution in [0, 0.1) is 11.3 Å². The lowest BCUT2D eigenvalue weighted by molar-refractivity contribution is -0.0491. The second-order valence-corrected chi connectivity index (χ2v) is 9.91. The van der Waals surface area contributed by atoms with Crippen molar-refractivity contribution in [3.8, 4) is 6.07 Å². The number of benzene rings is 1. The smallest absolute Gasteiger partial charge is 0.101 e. The molecule has 0 amide bonds. The van der Waals surface area contributed by atoms with Crippen molar-refractivity contribution >= 4 is 16.6 Å². The molecule has 0 radical (unpaired) electrons. The summed E-state index contributed by atoms with van der Waals surface area (Å²) in [6, 6.07) is 11.1. The van der Waals surface area contributed by atoms with Crippen LogP contribution >= 0.6 is 0 Å². The van der Waals surface area contributed by atoms with E-state index in [4.69, 9.17) is 9.84 Å². The Hall–Kier alpha value is -2.99. The fraction of sp³-hybridized carbons (Fsp3) is 0.500. The first-order valence-electron chi connectivity index (χ1n) is 12.3. The molecule has 0 unspecified atom stereocenters. The van der Waals surface area contributed by atoms with Crippen molar-refractivity contribution in [2.75, 3.05) is 44.2 Å². The molecule has 6 rings (SSSR count). The van der Waals surface area contributed by atoms with Gasteiger partial charge in [-0.1, -0.05) is 0 Å². The van der Waals surface area contributed by atoms with E-state index in [0.717, 1.165) is 62.3 Å². The molecule has 8 heteroatoms. The molecule has 0 spiro atoms. The second kappa shape index (κ2) is 8.66. The molecule has 0 bridgehead atoms. The van der Waals surface area contributed by atoms with Gasteiger partial charge in [-0.3, -0.25) is 14.6 Å². The molecule has 3 atom stereocenters. The zero-order chi connectivity index (χ0) is 23.2. The molecule has 3 aliphatic rings. The van der Waals surface area contributed by atoms with Crippen molar-refractivity contribution < 1.29 is 4.74 Å². The van der Waals surface area contributed by atoms with Crippen molar-refractivity contribution in [2.24, 2.45) is 0 Å². The maximum absolute atomic E-state index is 9.48. The van der Waals surface area contributed by atoms with Gasteiger partial charge < -0.3 is 15.0 Å². The number of nitrogens with one attached hydrogen (secondary N) is 1. The maximum Gasteiger partial charge on any atom is 0.101 e. The molecule has 0 aliphatic carbocycles. The van der Waals surface area contributed by atoms with Crippen molar-refractivity contribution in [1.82, 2.24) is 25.0 Å². The third-order valence-electron chi connectivity index (χ3n) is 7.49. The zero-order valence-corrected chi connectivity index (χ0v) is 19.8. The predicted molar refractivity (Wildman–Crippen MR) is 131 cm³/mol. The van der Waals surface area contributed by atoms with Crippen LogP contribution < -0.4 is 10.2 Å². The molecule has 2 fully saturated rings. The summed E-state index contributed by atoms with van der Waals surface area (Å²) >= 11 is 0. The van der Waals surface area contributed by atoms with Crippen LogP contribution in [-0.2, 0) is 11.2 Å². The molecule has 176 valence electrons. The van der Waals surface area contributed by atoms with E-state index in [1.165, 1.54) is 11.3 Å². The summed E-state index contributed by atoms with van der Waals surface area (Å²) in [6.45, 7) is 10.0. The first kappa shape index (κ1) is 21.5. The second-order valence-electron chi connectivity index (χ2n) is 9.91. The molecule has 2 aromatic heterocycles. The standard InChI is InChI=1S/C26H31N7O/c1-17-12-32(24-6-5-19(10-27)26-22(24)4-3-8-29-26)16-21(34-17)15-31-13-20(14-31)33-25-7-9-28-18(2)23(25)11-30-33/h3-6,8,11,17-18,20-21,28H,7,9,12-16H2,1-2H3/t17-,18-,21+/m1/s1. The highest BCUT2D eigenvalue weighted by Crippen LogP contribution is 2.32. The first-order chi connectivity index (χ1) is 16.6. The van der Waals surface area contributed by atoms with Gasteiger partial charge in [0.2, 0.25) is 0 Å². The van der Waals surface area contributed by atoms with Gasteiger partial charge in [-0.25, -0.2) is 0 Å². The average Bonchev–Trinajstić information content (AvgIpc) is 3.25. The largest absolute Gasteiger partial charge is 0.370 e. The third-order valence-corrected chi connectivity index (χ3v) is 7.49. The van der Waals surface area contributed by atoms with Crippen LogP contribution in [0.2, 0.25) is 0 Å². The highest BCUT2D eigenvalue weighted by atomic mass is 16.5. The molecular formula is C26H31N7O. The summed E-state index contributed by atoms with van der Waals surface area (Å²) in [7, 11) is 0. The van der Waals surface area contributed by atoms with Gasteiger partial charge in [0.25, 0.3) is 0 Å². The summed E-state index contributed by atoms with van der Waals surface area (Å²) in [5, 5.41) is 18.8. The number of aromatic nitrogens is 3. The van der Waals surface area contributed by atoms with E-state index in [-0.39, 0.29) is 12.2 Å². The van der Waals surface area contributed by atoms with Crippen LogP contribution in [-0.4, -0.2) is 71.1 Å². The molecule has 5 heterocycles. The lowest BCUT2D eigenvalue weighted by atomic mass is 10.0. The summed E-state index contributed by atoms with van der Waals surface area (Å²) in [6.07, 6.45) is 5.15. The normalized spacial score (nSPS) is 25.7. The predicted octanol–water partition coefficient (Wildman–Crippen LogP) is 2.66. The minimum absolute atomic E-state index is 0.142. The molecule has 2 saturated heterocycles. The Morgan fingerprint density at radius 3 is 2.91 bits per heavy atom. The Kier molecular flexibility index (Phi) is 5.48. The minimum Gasteiger partial charge on any atom is -0.370 e. The van der Waals surface area contributed by atoms with Crippen molar-refractivity contribution in [3.05, 3.63) is 53.5 Å². The number of nitrogens with zero attached hydrogens (tertiary/aromatic N) is 6. The van der Waals surface area contributed by atoms with E-state index in [1.807, 2.05) is 12.1 Å². The monoisotopic (exact) mass is 457 g/mol. The fourth-order valence-electron chi connectivity index (χ4n) is 5.85. The molecule has 1 N–H and O–H groups in total. The Morgan fingerprint density at radius 2 is 2.06 bits per heavy atom. The Labute approximate surface area is 200 Å². The average molecular weight is 458 g/mol. The lowest BCUT2D eigenvalue weighted by Gasteiger charge is -2.45. The van der Waals surface area contributed by atoms with Gasteiger partial charge >= 0.3 is 0 Å². The number of pyridine rings is 1. The van der Waals surface area contributed by atoms with Gasteiger partial charge in [0.1, 0.15) is 6.07 Å². The van der Waals surface area contributed by atoms with Gasteiger partial charge in [0.05, 0.1) is 35.5 Å². The molecule has 1 aromatic carbocycles. The zero-order valence-electron chi connectivity index (χ0n) is 19.8. The van der Waals surface area contributed by atoms with Gasteiger partial charge in [0, 0.05) is 80.3 Å². The number of likely N-dealkylation sites (tertiary alicyclic amines) is 1. The topological polar surface area (TPSA) is 82.2 Å². The molecule has 0 saturated carbocycles. The summed E-state index contributed by atoms with van der Waals surface area (Å²) in [4.78, 5) is 9.37. The number of anilines is 1. The third kappa shape index (κ3) is 3.74. The molecule has 3 aliphatic heterocycles. The van der Waals surface area contributed by atoms with E-state index in [1.54, 1.807) is 6.20 Å². The van der Waals surface area contributed by atoms with E-state index in [0.29, 0.717) is 17.6 Å². The van der Waals surface area contributed by atoms with Gasteiger partial charge in [0.15, 0.2) is 0 Å². The summed E-state index contributed by atoms with van der Waals surface area (Å²) in [5.41, 5.74) is 5.29.